The molecule has 0 aliphatic heterocycles. The molecule has 0 bridgehead atoms. The van der Waals surface area contributed by atoms with Gasteiger partial charge in [-0.2, -0.15) is 0 Å². The normalized spacial score (nSPS) is 23.9. The summed E-state index contributed by atoms with van der Waals surface area (Å²) in [4.78, 5) is 24.2. The number of likely N-dealkylation sites (N-methyl/N-ethyl adjacent to an activating group) is 1. The Morgan fingerprint density at radius 1 is 1.35 bits per heavy atom. The number of aliphatic hydroxyl groups is 1. The predicted molar refractivity (Wildman–Crippen MR) is 72.4 cm³/mol. The molecule has 0 spiro atoms. The Morgan fingerprint density at radius 3 is 2.45 bits per heavy atom. The van der Waals surface area contributed by atoms with Gasteiger partial charge in [-0.05, 0) is 25.7 Å². The number of carbonyl (C=O) groups is 2. The molecule has 0 saturated heterocycles. The van der Waals surface area contributed by atoms with Crippen molar-refractivity contribution in [3.63, 3.8) is 0 Å². The minimum atomic E-state index is -0.755. The standard InChI is InChI=1S/C13H24N2O5/c1-15(7-11(16)8-20-2)13(19)14-10-5-3-9(4-6-10)12(17)18/h9-11,16H,3-8H2,1-2H3,(H,14,19)(H,17,18). The molecule has 0 radical (unpaired) electrons. The molecule has 1 atom stereocenters. The zero-order valence-corrected chi connectivity index (χ0v) is 12.0. The Balaban J connectivity index is 2.30. The summed E-state index contributed by atoms with van der Waals surface area (Å²) in [6.07, 6.45) is 1.83. The van der Waals surface area contributed by atoms with Crippen LogP contribution in [-0.4, -0.2) is 66.6 Å². The van der Waals surface area contributed by atoms with E-state index in [4.69, 9.17) is 9.84 Å². The fourth-order valence-electron chi connectivity index (χ4n) is 2.41. The third-order valence-electron chi connectivity index (χ3n) is 3.59. The fourth-order valence-corrected chi connectivity index (χ4v) is 2.41. The molecule has 1 saturated carbocycles. The Morgan fingerprint density at radius 2 is 1.95 bits per heavy atom. The van der Waals surface area contributed by atoms with E-state index in [1.54, 1.807) is 7.05 Å². The number of nitrogens with zero attached hydrogens (tertiary/aromatic N) is 1. The van der Waals surface area contributed by atoms with Gasteiger partial charge in [-0.3, -0.25) is 4.79 Å². The van der Waals surface area contributed by atoms with E-state index in [9.17, 15) is 14.7 Å². The van der Waals surface area contributed by atoms with E-state index in [0.717, 1.165) is 0 Å². The van der Waals surface area contributed by atoms with Gasteiger partial charge in [0.15, 0.2) is 0 Å². The second-order valence-corrected chi connectivity index (χ2v) is 5.33. The van der Waals surface area contributed by atoms with Crippen LogP contribution in [0.1, 0.15) is 25.7 Å². The van der Waals surface area contributed by atoms with Gasteiger partial charge >= 0.3 is 12.0 Å². The largest absolute Gasteiger partial charge is 0.481 e. The fraction of sp³-hybridized carbons (Fsp3) is 0.846. The van der Waals surface area contributed by atoms with Crippen LogP contribution < -0.4 is 5.32 Å². The van der Waals surface area contributed by atoms with E-state index in [-0.39, 0.29) is 31.1 Å². The number of hydrogen-bond donors (Lipinski definition) is 3. The number of methoxy groups -OCH3 is 1. The molecule has 1 rings (SSSR count). The number of ether oxygens (including phenoxy) is 1. The van der Waals surface area contributed by atoms with Gasteiger partial charge in [0.2, 0.25) is 0 Å². The zero-order valence-electron chi connectivity index (χ0n) is 12.0. The zero-order chi connectivity index (χ0) is 15.1. The van der Waals surface area contributed by atoms with Crippen molar-refractivity contribution in [2.24, 2.45) is 5.92 Å². The van der Waals surface area contributed by atoms with Crippen LogP contribution in [0.4, 0.5) is 4.79 Å². The highest BCUT2D eigenvalue weighted by Gasteiger charge is 2.27. The number of carboxylic acid groups (broad SMARTS) is 1. The first kappa shape index (κ1) is 16.7. The Kier molecular flexibility index (Phi) is 6.74. The first-order valence-corrected chi connectivity index (χ1v) is 6.85. The first-order chi connectivity index (χ1) is 9.43. The third kappa shape index (κ3) is 5.34. The van der Waals surface area contributed by atoms with Gasteiger partial charge in [-0.15, -0.1) is 0 Å². The predicted octanol–water partition coefficient (Wildman–Crippen LogP) is 0.279. The third-order valence-corrected chi connectivity index (χ3v) is 3.59. The summed E-state index contributed by atoms with van der Waals surface area (Å²) >= 11 is 0. The monoisotopic (exact) mass is 288 g/mol. The summed E-state index contributed by atoms with van der Waals surface area (Å²) < 4.78 is 4.80. The van der Waals surface area contributed by atoms with E-state index in [1.165, 1.54) is 12.0 Å². The van der Waals surface area contributed by atoms with Gasteiger partial charge in [0.25, 0.3) is 0 Å². The van der Waals surface area contributed by atoms with Crippen LogP contribution in [0.5, 0.6) is 0 Å². The lowest BCUT2D eigenvalue weighted by atomic mass is 9.86. The van der Waals surface area contributed by atoms with Crippen molar-refractivity contribution in [2.45, 2.75) is 37.8 Å². The number of aliphatic carboxylic acids is 1. The Hall–Kier alpha value is -1.34. The smallest absolute Gasteiger partial charge is 0.317 e. The molecule has 1 fully saturated rings. The van der Waals surface area contributed by atoms with Crippen molar-refractivity contribution in [1.82, 2.24) is 10.2 Å². The summed E-state index contributed by atoms with van der Waals surface area (Å²) in [5, 5.41) is 21.3. The second-order valence-electron chi connectivity index (χ2n) is 5.33. The van der Waals surface area contributed by atoms with Crippen LogP contribution in [0, 0.1) is 5.92 Å². The topological polar surface area (TPSA) is 99.1 Å². The maximum Gasteiger partial charge on any atom is 0.317 e. The molecule has 0 heterocycles. The van der Waals surface area contributed by atoms with Gasteiger partial charge in [-0.1, -0.05) is 0 Å². The molecule has 2 amide bonds. The number of rotatable bonds is 6. The lowest BCUT2D eigenvalue weighted by Crippen LogP contribution is -2.47. The van der Waals surface area contributed by atoms with Gasteiger partial charge in [0.1, 0.15) is 0 Å². The van der Waals surface area contributed by atoms with E-state index in [0.29, 0.717) is 25.7 Å². The molecule has 116 valence electrons. The molecule has 0 aromatic heterocycles. The molecule has 7 nitrogen and oxygen atoms in total. The number of aliphatic hydroxyl groups excluding tert-OH is 1. The van der Waals surface area contributed by atoms with Crippen LogP contribution in [0.25, 0.3) is 0 Å². The van der Waals surface area contributed by atoms with Crippen LogP contribution in [0.15, 0.2) is 0 Å². The Labute approximate surface area is 118 Å². The van der Waals surface area contributed by atoms with E-state index in [2.05, 4.69) is 5.32 Å². The van der Waals surface area contributed by atoms with Crippen molar-refractivity contribution >= 4 is 12.0 Å². The molecule has 0 aromatic carbocycles. The van der Waals surface area contributed by atoms with E-state index >= 15 is 0 Å². The average molecular weight is 288 g/mol. The van der Waals surface area contributed by atoms with Crippen molar-refractivity contribution in [2.75, 3.05) is 27.3 Å². The van der Waals surface area contributed by atoms with Crippen molar-refractivity contribution in [3.8, 4) is 0 Å². The Bertz CT molecular complexity index is 329. The molecule has 1 unspecified atom stereocenters. The van der Waals surface area contributed by atoms with Crippen LogP contribution in [-0.2, 0) is 9.53 Å². The highest BCUT2D eigenvalue weighted by molar-refractivity contribution is 5.74. The van der Waals surface area contributed by atoms with Gasteiger partial charge in [0, 0.05) is 20.2 Å². The first-order valence-electron chi connectivity index (χ1n) is 6.85. The highest BCUT2D eigenvalue weighted by atomic mass is 16.5. The van der Waals surface area contributed by atoms with Crippen LogP contribution in [0.2, 0.25) is 0 Å². The number of amides is 2. The van der Waals surface area contributed by atoms with Crippen LogP contribution >= 0.6 is 0 Å². The van der Waals surface area contributed by atoms with E-state index < -0.39 is 12.1 Å². The molecule has 7 heteroatoms. The van der Waals surface area contributed by atoms with Crippen molar-refractivity contribution in [3.05, 3.63) is 0 Å². The van der Waals surface area contributed by atoms with Gasteiger partial charge in [0.05, 0.1) is 25.2 Å². The summed E-state index contributed by atoms with van der Waals surface area (Å²) in [6.45, 7) is 0.380. The molecule has 1 aliphatic carbocycles. The molecular formula is C13H24N2O5. The summed E-state index contributed by atoms with van der Waals surface area (Å²) in [5.41, 5.74) is 0. The average Bonchev–Trinajstić information content (AvgIpc) is 2.39. The minimum Gasteiger partial charge on any atom is -0.481 e. The maximum absolute atomic E-state index is 11.9. The second kappa shape index (κ2) is 8.06. The molecule has 20 heavy (non-hydrogen) atoms. The number of nitrogens with one attached hydrogen (secondary N) is 1. The van der Waals surface area contributed by atoms with Gasteiger partial charge < -0.3 is 25.2 Å². The van der Waals surface area contributed by atoms with Crippen molar-refractivity contribution < 1.29 is 24.5 Å². The lowest BCUT2D eigenvalue weighted by Gasteiger charge is -2.29. The maximum atomic E-state index is 11.9. The lowest BCUT2D eigenvalue weighted by molar-refractivity contribution is -0.142. The van der Waals surface area contributed by atoms with Gasteiger partial charge in [-0.25, -0.2) is 4.79 Å². The quantitative estimate of drug-likeness (QED) is 0.652. The minimum absolute atomic E-state index is 0.0140. The number of carbonyl (C=O) groups excluding carboxylic acids is 1. The summed E-state index contributed by atoms with van der Waals surface area (Å²) in [5.74, 6) is -1.04. The van der Waals surface area contributed by atoms with Crippen molar-refractivity contribution in [1.29, 1.82) is 0 Å². The SMILES string of the molecule is COCC(O)CN(C)C(=O)NC1CCC(C(=O)O)CC1. The number of carboxylic acids is 1. The molecule has 3 N–H and O–H groups in total. The van der Waals surface area contributed by atoms with E-state index in [1.807, 2.05) is 0 Å². The number of hydrogen-bond acceptors (Lipinski definition) is 4. The number of urea groups is 1. The molecule has 1 aliphatic rings. The summed E-state index contributed by atoms with van der Waals surface area (Å²) in [6, 6.07) is -0.237. The highest BCUT2D eigenvalue weighted by Crippen LogP contribution is 2.24. The molecular weight excluding hydrogens is 264 g/mol. The summed E-state index contributed by atoms with van der Waals surface area (Å²) in [7, 11) is 3.10. The molecule has 0 aromatic rings. The van der Waals surface area contributed by atoms with Crippen LogP contribution in [0.3, 0.4) is 0 Å².